The maximum absolute atomic E-state index is 5.22. The van der Waals surface area contributed by atoms with E-state index in [1.54, 1.807) is 0 Å². The fourth-order valence-electron chi connectivity index (χ4n) is 7.46. The number of para-hydroxylation sites is 3. The largest absolute Gasteiger partial charge is 0.344 e. The third-order valence-electron chi connectivity index (χ3n) is 9.79. The van der Waals surface area contributed by atoms with E-state index in [0.29, 0.717) is 5.96 Å². The maximum Gasteiger partial charge on any atom is 0.234 e. The van der Waals surface area contributed by atoms with Crippen LogP contribution in [0.4, 0.5) is 0 Å². The van der Waals surface area contributed by atoms with E-state index in [4.69, 9.17) is 9.98 Å². The van der Waals surface area contributed by atoms with E-state index in [0.717, 1.165) is 33.7 Å². The Morgan fingerprint density at radius 2 is 0.923 bits per heavy atom. The van der Waals surface area contributed by atoms with Crippen LogP contribution in [0.5, 0.6) is 0 Å². The highest BCUT2D eigenvalue weighted by molar-refractivity contribution is 6.18. The van der Waals surface area contributed by atoms with Crippen LogP contribution in [0.15, 0.2) is 186 Å². The molecule has 0 amide bonds. The molecule has 0 spiro atoms. The van der Waals surface area contributed by atoms with Crippen molar-refractivity contribution in [2.75, 3.05) is 0 Å². The summed E-state index contributed by atoms with van der Waals surface area (Å²) in [7, 11) is 0. The molecule has 10 rings (SSSR count). The van der Waals surface area contributed by atoms with Gasteiger partial charge in [0.2, 0.25) is 5.96 Å². The Bertz CT molecular complexity index is 2770. The minimum Gasteiger partial charge on any atom is -0.344 e. The molecular weight excluding hydrogens is 635 g/mol. The number of rotatable bonds is 4. The minimum atomic E-state index is -0.279. The van der Waals surface area contributed by atoms with Crippen molar-refractivity contribution in [1.82, 2.24) is 14.5 Å². The molecule has 52 heavy (non-hydrogen) atoms. The van der Waals surface area contributed by atoms with Crippen LogP contribution in [0.2, 0.25) is 0 Å². The predicted octanol–water partition coefficient (Wildman–Crippen LogP) is 11.5. The van der Waals surface area contributed by atoms with E-state index in [-0.39, 0.29) is 6.17 Å². The van der Waals surface area contributed by atoms with Crippen LogP contribution in [-0.2, 0) is 0 Å². The SMILES string of the molecule is CC.c1ccc(C2=NC(n3c4ccccc4c4cc(-c5ccc6c(c5)c5ccccc5n6-c5ccccc5)ccc43)=NC(c3ccccc3)N2)cc1. The third-order valence-corrected chi connectivity index (χ3v) is 9.79. The van der Waals surface area contributed by atoms with Crippen LogP contribution < -0.4 is 5.32 Å². The van der Waals surface area contributed by atoms with E-state index >= 15 is 0 Å². The van der Waals surface area contributed by atoms with Crippen LogP contribution in [0.1, 0.15) is 31.1 Å². The summed E-state index contributed by atoms with van der Waals surface area (Å²) in [6, 6.07) is 62.1. The molecule has 0 radical (unpaired) electrons. The van der Waals surface area contributed by atoms with Gasteiger partial charge in [-0.1, -0.05) is 141 Å². The Morgan fingerprint density at radius 1 is 0.442 bits per heavy atom. The van der Waals surface area contributed by atoms with Crippen molar-refractivity contribution in [2.24, 2.45) is 9.98 Å². The van der Waals surface area contributed by atoms with Gasteiger partial charge in [-0.05, 0) is 65.2 Å². The van der Waals surface area contributed by atoms with Gasteiger partial charge in [-0.25, -0.2) is 4.99 Å². The summed E-state index contributed by atoms with van der Waals surface area (Å²) in [6.07, 6.45) is -0.279. The standard InChI is InChI=1S/C45H31N5.C2H6/c1-4-14-30(15-5-1)43-46-44(31-16-6-2-7-17-31)48-45(47-43)50-40-23-13-11-21-36(40)38-29-33(25-27-42(38)50)32-24-26-41-37(28-32)35-20-10-12-22-39(35)49(41)34-18-8-3-9-19-34;1-2/h1-29,43H,(H,46,47,48);1-2H3. The van der Waals surface area contributed by atoms with Crippen molar-refractivity contribution >= 4 is 55.4 Å². The summed E-state index contributed by atoms with van der Waals surface area (Å²) in [6.45, 7) is 4.00. The highest BCUT2D eigenvalue weighted by atomic mass is 15.3. The van der Waals surface area contributed by atoms with Gasteiger partial charge in [0.25, 0.3) is 0 Å². The lowest BCUT2D eigenvalue weighted by Gasteiger charge is -2.24. The summed E-state index contributed by atoms with van der Waals surface area (Å²) in [4.78, 5) is 10.4. The number of fused-ring (bicyclic) bond motifs is 6. The van der Waals surface area contributed by atoms with E-state index in [1.165, 1.54) is 43.7 Å². The highest BCUT2D eigenvalue weighted by Gasteiger charge is 2.24. The summed E-state index contributed by atoms with van der Waals surface area (Å²) < 4.78 is 4.57. The van der Waals surface area contributed by atoms with Gasteiger partial charge < -0.3 is 9.88 Å². The molecule has 0 bridgehead atoms. The van der Waals surface area contributed by atoms with Crippen LogP contribution in [0.3, 0.4) is 0 Å². The lowest BCUT2D eigenvalue weighted by atomic mass is 10.0. The van der Waals surface area contributed by atoms with E-state index in [9.17, 15) is 0 Å². The smallest absolute Gasteiger partial charge is 0.234 e. The molecule has 0 fully saturated rings. The molecule has 1 unspecified atom stereocenters. The first-order chi connectivity index (χ1) is 25.8. The van der Waals surface area contributed by atoms with Crippen molar-refractivity contribution in [2.45, 2.75) is 20.0 Å². The number of hydrogen-bond donors (Lipinski definition) is 1. The lowest BCUT2D eigenvalue weighted by molar-refractivity contribution is 0.668. The van der Waals surface area contributed by atoms with Gasteiger partial charge in [-0.2, -0.15) is 4.99 Å². The summed E-state index contributed by atoms with van der Waals surface area (Å²) >= 11 is 0. The molecule has 0 saturated carbocycles. The number of hydrogen-bond acceptors (Lipinski definition) is 3. The summed E-state index contributed by atoms with van der Waals surface area (Å²) in [5, 5.41) is 8.41. The van der Waals surface area contributed by atoms with Gasteiger partial charge in [0.1, 0.15) is 12.0 Å². The molecule has 1 N–H and O–H groups in total. The topological polar surface area (TPSA) is 46.6 Å². The molecule has 0 saturated heterocycles. The van der Waals surface area contributed by atoms with Gasteiger partial charge in [0.15, 0.2) is 0 Å². The number of nitrogens with one attached hydrogen (secondary N) is 1. The Morgan fingerprint density at radius 3 is 1.54 bits per heavy atom. The van der Waals surface area contributed by atoms with Crippen LogP contribution in [0, 0.1) is 0 Å². The quantitative estimate of drug-likeness (QED) is 0.199. The highest BCUT2D eigenvalue weighted by Crippen LogP contribution is 2.37. The third kappa shape index (κ3) is 5.26. The molecule has 1 atom stereocenters. The average Bonchev–Trinajstić information content (AvgIpc) is 3.74. The predicted molar refractivity (Wildman–Crippen MR) is 219 cm³/mol. The maximum atomic E-state index is 5.22. The number of aliphatic imine (C=N–C) groups is 2. The van der Waals surface area contributed by atoms with Crippen LogP contribution >= 0.6 is 0 Å². The van der Waals surface area contributed by atoms with Gasteiger partial charge in [-0.15, -0.1) is 0 Å². The van der Waals surface area contributed by atoms with E-state index in [1.807, 2.05) is 38.1 Å². The summed E-state index contributed by atoms with van der Waals surface area (Å²) in [5.74, 6) is 1.46. The van der Waals surface area contributed by atoms with Crippen LogP contribution in [-0.4, -0.2) is 20.9 Å². The summed E-state index contributed by atoms with van der Waals surface area (Å²) in [5.41, 5.74) is 10.2. The molecule has 1 aliphatic rings. The zero-order valence-electron chi connectivity index (χ0n) is 29.1. The first kappa shape index (κ1) is 31.3. The first-order valence-electron chi connectivity index (χ1n) is 18.0. The zero-order chi connectivity index (χ0) is 35.0. The Labute approximate surface area is 302 Å². The second-order valence-electron chi connectivity index (χ2n) is 12.7. The lowest BCUT2D eigenvalue weighted by Crippen LogP contribution is -2.35. The molecule has 1 aliphatic heterocycles. The van der Waals surface area contributed by atoms with E-state index in [2.05, 4.69) is 166 Å². The molecule has 5 heteroatoms. The number of aromatic nitrogens is 2. The molecule has 3 heterocycles. The van der Waals surface area contributed by atoms with Crippen LogP contribution in [0.25, 0.3) is 60.4 Å². The zero-order valence-corrected chi connectivity index (χ0v) is 29.1. The molecule has 2 aromatic heterocycles. The van der Waals surface area contributed by atoms with Crippen molar-refractivity contribution in [3.63, 3.8) is 0 Å². The van der Waals surface area contributed by atoms with Gasteiger partial charge >= 0.3 is 0 Å². The van der Waals surface area contributed by atoms with Gasteiger partial charge in [0.05, 0.1) is 22.1 Å². The first-order valence-corrected chi connectivity index (χ1v) is 18.0. The number of nitrogens with zero attached hydrogens (tertiary/aromatic N) is 4. The van der Waals surface area contributed by atoms with Gasteiger partial charge in [-0.3, -0.25) is 4.57 Å². The number of benzene rings is 7. The molecule has 9 aromatic rings. The second-order valence-corrected chi connectivity index (χ2v) is 12.7. The second kappa shape index (κ2) is 13.2. The van der Waals surface area contributed by atoms with Crippen molar-refractivity contribution < 1.29 is 0 Å². The molecular formula is C47H37N5. The van der Waals surface area contributed by atoms with E-state index < -0.39 is 0 Å². The minimum absolute atomic E-state index is 0.279. The Balaban J connectivity index is 0.00000177. The Hall–Kier alpha value is -6.72. The Kier molecular flexibility index (Phi) is 7.94. The van der Waals surface area contributed by atoms with Crippen molar-refractivity contribution in [3.8, 4) is 16.8 Å². The van der Waals surface area contributed by atoms with Gasteiger partial charge in [0, 0.05) is 32.8 Å². The molecule has 0 aliphatic carbocycles. The monoisotopic (exact) mass is 671 g/mol. The van der Waals surface area contributed by atoms with Crippen molar-refractivity contribution in [1.29, 1.82) is 0 Å². The fraction of sp³-hybridized carbons (Fsp3) is 0.0638. The molecule has 5 nitrogen and oxygen atoms in total. The average molecular weight is 672 g/mol. The fourth-order valence-corrected chi connectivity index (χ4v) is 7.46. The van der Waals surface area contributed by atoms with Crippen molar-refractivity contribution in [3.05, 3.63) is 187 Å². The number of amidine groups is 1. The normalized spacial score (nSPS) is 14.2. The molecule has 7 aromatic carbocycles. The molecule has 250 valence electrons.